The Kier molecular flexibility index (Phi) is 6.52. The highest BCUT2D eigenvalue weighted by molar-refractivity contribution is 6.30. The maximum atomic E-state index is 13.4. The highest BCUT2D eigenvalue weighted by atomic mass is 35.5. The van der Waals surface area contributed by atoms with E-state index in [-0.39, 0.29) is 11.7 Å². The molecule has 4 nitrogen and oxygen atoms in total. The zero-order valence-corrected chi connectivity index (χ0v) is 19.3. The number of hydrogen-bond acceptors (Lipinski definition) is 3. The van der Waals surface area contributed by atoms with Crippen LogP contribution in [0.4, 0.5) is 10.1 Å². The van der Waals surface area contributed by atoms with Crippen molar-refractivity contribution in [2.75, 3.05) is 11.9 Å². The first-order valence-electron chi connectivity index (χ1n) is 10.6. The predicted octanol–water partition coefficient (Wildman–Crippen LogP) is 7.64. The second-order valence-electron chi connectivity index (χ2n) is 7.67. The first-order valence-corrected chi connectivity index (χ1v) is 10.9. The van der Waals surface area contributed by atoms with E-state index in [1.165, 1.54) is 18.2 Å². The number of allylic oxidation sites excluding steroid dienone is 1. The Morgan fingerprint density at radius 3 is 2.52 bits per heavy atom. The van der Waals surface area contributed by atoms with Crippen molar-refractivity contribution in [3.63, 3.8) is 0 Å². The Morgan fingerprint density at radius 2 is 1.85 bits per heavy atom. The van der Waals surface area contributed by atoms with Crippen LogP contribution in [0.15, 0.2) is 71.4 Å². The van der Waals surface area contributed by atoms with E-state index in [0.717, 1.165) is 33.2 Å². The Labute approximate surface area is 196 Å². The molecule has 0 fully saturated rings. The third-order valence-electron chi connectivity index (χ3n) is 5.37. The number of fused-ring (bicyclic) bond motifs is 1. The SMILES string of the molecule is CCOc1c(/C(C)=C/C(=O)Nc2ccc(Cl)cc2)cc2c(-c3ccc(F)cc3)coc2c1C. The molecule has 0 radical (unpaired) electrons. The van der Waals surface area contributed by atoms with E-state index in [2.05, 4.69) is 5.32 Å². The molecular weight excluding hydrogens is 441 g/mol. The number of nitrogens with one attached hydrogen (secondary N) is 1. The summed E-state index contributed by atoms with van der Waals surface area (Å²) in [5, 5.41) is 4.31. The van der Waals surface area contributed by atoms with Crippen molar-refractivity contribution >= 4 is 39.7 Å². The number of carbonyl (C=O) groups is 1. The normalized spacial score (nSPS) is 11.6. The van der Waals surface area contributed by atoms with E-state index in [0.29, 0.717) is 28.6 Å². The van der Waals surface area contributed by atoms with Gasteiger partial charge in [0.2, 0.25) is 5.91 Å². The van der Waals surface area contributed by atoms with Crippen molar-refractivity contribution in [1.29, 1.82) is 0 Å². The van der Waals surface area contributed by atoms with E-state index < -0.39 is 0 Å². The maximum Gasteiger partial charge on any atom is 0.248 e. The second-order valence-corrected chi connectivity index (χ2v) is 8.10. The van der Waals surface area contributed by atoms with Crippen molar-refractivity contribution in [2.45, 2.75) is 20.8 Å². The molecule has 0 atom stereocenters. The van der Waals surface area contributed by atoms with E-state index in [4.69, 9.17) is 20.8 Å². The highest BCUT2D eigenvalue weighted by Gasteiger charge is 2.19. The number of furan rings is 1. The molecule has 0 aliphatic carbocycles. The summed E-state index contributed by atoms with van der Waals surface area (Å²) in [4.78, 5) is 12.7. The molecule has 1 N–H and O–H groups in total. The lowest BCUT2D eigenvalue weighted by atomic mass is 9.96. The second kappa shape index (κ2) is 9.51. The van der Waals surface area contributed by atoms with Gasteiger partial charge in [-0.2, -0.15) is 0 Å². The summed E-state index contributed by atoms with van der Waals surface area (Å²) in [5.74, 6) is 0.103. The number of hydrogen-bond donors (Lipinski definition) is 1. The van der Waals surface area contributed by atoms with Crippen molar-refractivity contribution in [1.82, 2.24) is 0 Å². The fourth-order valence-corrected chi connectivity index (χ4v) is 3.90. The van der Waals surface area contributed by atoms with Crippen LogP contribution in [-0.2, 0) is 4.79 Å². The van der Waals surface area contributed by atoms with Gasteiger partial charge in [0.1, 0.15) is 17.1 Å². The molecule has 3 aromatic carbocycles. The van der Waals surface area contributed by atoms with Crippen LogP contribution in [-0.4, -0.2) is 12.5 Å². The fourth-order valence-electron chi connectivity index (χ4n) is 3.78. The quantitative estimate of drug-likeness (QED) is 0.299. The molecule has 1 aromatic heterocycles. The molecule has 33 heavy (non-hydrogen) atoms. The molecule has 0 unspecified atom stereocenters. The van der Waals surface area contributed by atoms with Crippen molar-refractivity contribution in [3.05, 3.63) is 88.9 Å². The summed E-state index contributed by atoms with van der Waals surface area (Å²) in [6.07, 6.45) is 3.20. The molecule has 4 rings (SSSR count). The van der Waals surface area contributed by atoms with Crippen LogP contribution >= 0.6 is 11.6 Å². The van der Waals surface area contributed by atoms with Crippen molar-refractivity contribution < 1.29 is 18.3 Å². The largest absolute Gasteiger partial charge is 0.493 e. The van der Waals surface area contributed by atoms with Crippen LogP contribution in [0.5, 0.6) is 5.75 Å². The Morgan fingerprint density at radius 1 is 1.15 bits per heavy atom. The lowest BCUT2D eigenvalue weighted by Crippen LogP contribution is -2.08. The molecule has 0 aliphatic rings. The Balaban J connectivity index is 1.77. The van der Waals surface area contributed by atoms with Gasteiger partial charge in [0.15, 0.2) is 0 Å². The van der Waals surface area contributed by atoms with Gasteiger partial charge in [-0.3, -0.25) is 4.79 Å². The molecule has 168 valence electrons. The number of rotatable bonds is 6. The van der Waals surface area contributed by atoms with Gasteiger partial charge in [-0.05, 0) is 74.4 Å². The van der Waals surface area contributed by atoms with Gasteiger partial charge in [-0.25, -0.2) is 4.39 Å². The Hall–Kier alpha value is -3.57. The number of halogens is 2. The monoisotopic (exact) mass is 463 g/mol. The Bertz CT molecular complexity index is 1340. The van der Waals surface area contributed by atoms with Gasteiger partial charge in [0, 0.05) is 38.9 Å². The summed E-state index contributed by atoms with van der Waals surface area (Å²) in [7, 11) is 0. The molecule has 6 heteroatoms. The minimum Gasteiger partial charge on any atom is -0.493 e. The highest BCUT2D eigenvalue weighted by Crippen LogP contribution is 2.40. The minimum absolute atomic E-state index is 0.263. The molecular formula is C27H23ClFNO3. The van der Waals surface area contributed by atoms with Crippen molar-refractivity contribution in [3.8, 4) is 16.9 Å². The number of anilines is 1. The minimum atomic E-state index is -0.299. The van der Waals surface area contributed by atoms with Gasteiger partial charge in [-0.1, -0.05) is 23.7 Å². The third-order valence-corrected chi connectivity index (χ3v) is 5.62. The van der Waals surface area contributed by atoms with Crippen LogP contribution < -0.4 is 10.1 Å². The summed E-state index contributed by atoms with van der Waals surface area (Å²) in [6.45, 7) is 6.17. The van der Waals surface area contributed by atoms with Crippen LogP contribution in [0.2, 0.25) is 5.02 Å². The lowest BCUT2D eigenvalue weighted by Gasteiger charge is -2.15. The summed E-state index contributed by atoms with van der Waals surface area (Å²) >= 11 is 5.91. The number of ether oxygens (including phenoxy) is 1. The number of amides is 1. The molecule has 0 aliphatic heterocycles. The lowest BCUT2D eigenvalue weighted by molar-refractivity contribution is -0.111. The van der Waals surface area contributed by atoms with Gasteiger partial charge in [-0.15, -0.1) is 0 Å². The molecule has 0 bridgehead atoms. The van der Waals surface area contributed by atoms with E-state index in [1.54, 1.807) is 42.7 Å². The van der Waals surface area contributed by atoms with Gasteiger partial charge in [0.25, 0.3) is 0 Å². The number of aryl methyl sites for hydroxylation is 1. The summed E-state index contributed by atoms with van der Waals surface area (Å²) in [6, 6.07) is 15.1. The smallest absolute Gasteiger partial charge is 0.248 e. The van der Waals surface area contributed by atoms with Gasteiger partial charge >= 0.3 is 0 Å². The predicted molar refractivity (Wildman–Crippen MR) is 131 cm³/mol. The molecule has 1 heterocycles. The molecule has 0 saturated carbocycles. The van der Waals surface area contributed by atoms with Crippen LogP contribution in [0.25, 0.3) is 27.7 Å². The first kappa shape index (κ1) is 22.6. The van der Waals surface area contributed by atoms with Gasteiger partial charge in [0.05, 0.1) is 12.9 Å². The van der Waals surface area contributed by atoms with Gasteiger partial charge < -0.3 is 14.5 Å². The maximum absolute atomic E-state index is 13.4. The van der Waals surface area contributed by atoms with E-state index in [9.17, 15) is 9.18 Å². The van der Waals surface area contributed by atoms with Crippen LogP contribution in [0.1, 0.15) is 25.0 Å². The zero-order chi connectivity index (χ0) is 23.5. The average Bonchev–Trinajstić information content (AvgIpc) is 3.22. The third kappa shape index (κ3) is 4.78. The topological polar surface area (TPSA) is 51.5 Å². The standard InChI is InChI=1S/C27H23ClFNO3/c1-4-32-26-17(3)27-23(24(15-33-27)18-5-9-20(29)10-6-18)14-22(26)16(2)13-25(31)30-21-11-7-19(28)8-12-21/h5-15H,4H2,1-3H3,(H,30,31)/b16-13+. The first-order chi connectivity index (χ1) is 15.9. The summed E-state index contributed by atoms with van der Waals surface area (Å²) in [5.41, 5.74) is 5.39. The van der Waals surface area contributed by atoms with Crippen molar-refractivity contribution in [2.24, 2.45) is 0 Å². The van der Waals surface area contributed by atoms with E-state index in [1.807, 2.05) is 26.8 Å². The molecule has 1 amide bonds. The number of carbonyl (C=O) groups excluding carboxylic acids is 1. The molecule has 4 aromatic rings. The summed E-state index contributed by atoms with van der Waals surface area (Å²) < 4.78 is 25.2. The zero-order valence-electron chi connectivity index (χ0n) is 18.5. The fraction of sp³-hybridized carbons (Fsp3) is 0.148. The average molecular weight is 464 g/mol. The molecule has 0 spiro atoms. The van der Waals surface area contributed by atoms with E-state index >= 15 is 0 Å². The molecule has 0 saturated heterocycles. The van der Waals surface area contributed by atoms with Crippen LogP contribution in [0.3, 0.4) is 0 Å². The number of benzene rings is 3. The van der Waals surface area contributed by atoms with Crippen LogP contribution in [0, 0.1) is 12.7 Å².